The Morgan fingerprint density at radius 3 is 2.67 bits per heavy atom. The highest BCUT2D eigenvalue weighted by Crippen LogP contribution is 2.12. The first kappa shape index (κ1) is 16.7. The number of ether oxygens (including phenoxy) is 1. The van der Waals surface area contributed by atoms with Crippen LogP contribution in [0.4, 0.5) is 0 Å². The van der Waals surface area contributed by atoms with Gasteiger partial charge in [-0.3, -0.25) is 9.59 Å². The van der Waals surface area contributed by atoms with Crippen LogP contribution in [0, 0.1) is 18.8 Å². The minimum atomic E-state index is -0.347. The van der Waals surface area contributed by atoms with Crippen molar-refractivity contribution in [1.29, 1.82) is 0 Å². The molecule has 0 aliphatic carbocycles. The molecule has 0 radical (unpaired) electrons. The monoisotopic (exact) mass is 289 g/mol. The minimum absolute atomic E-state index is 0.163. The molecule has 0 heterocycles. The molecule has 5 heteroatoms. The number of hydrogen-bond donors (Lipinski definition) is 1. The summed E-state index contributed by atoms with van der Waals surface area (Å²) in [6, 6.07) is 5.18. The van der Waals surface area contributed by atoms with Crippen LogP contribution in [-0.2, 0) is 9.53 Å². The molecular weight excluding hydrogens is 270 g/mol. The third-order valence-electron chi connectivity index (χ3n) is 3.00. The maximum atomic E-state index is 12.2. The lowest BCUT2D eigenvalue weighted by Crippen LogP contribution is -2.29. The number of aryl methyl sites for hydroxylation is 1. The van der Waals surface area contributed by atoms with Gasteiger partial charge < -0.3 is 14.7 Å². The predicted molar refractivity (Wildman–Crippen MR) is 78.7 cm³/mol. The molecule has 5 nitrogen and oxygen atoms in total. The number of carbonyl (C=O) groups is 2. The third-order valence-corrected chi connectivity index (χ3v) is 3.00. The molecule has 1 rings (SSSR count). The summed E-state index contributed by atoms with van der Waals surface area (Å²) in [5, 5.41) is 8.69. The molecule has 1 N–H and O–H groups in total. The largest absolute Gasteiger partial charge is 0.469 e. The fourth-order valence-electron chi connectivity index (χ4n) is 1.75. The lowest BCUT2D eigenvalue weighted by molar-refractivity contribution is -0.140. The molecule has 112 valence electrons. The SMILES string of the molecule is COC(=O)CCN(C)C(=O)c1ccc(C#CCO)c(C)c1. The van der Waals surface area contributed by atoms with Crippen LogP contribution in [0.15, 0.2) is 18.2 Å². The summed E-state index contributed by atoms with van der Waals surface area (Å²) in [4.78, 5) is 24.8. The van der Waals surface area contributed by atoms with Crippen molar-refractivity contribution in [2.24, 2.45) is 0 Å². The lowest BCUT2D eigenvalue weighted by atomic mass is 10.0. The van der Waals surface area contributed by atoms with Gasteiger partial charge in [0.1, 0.15) is 6.61 Å². The van der Waals surface area contributed by atoms with Gasteiger partial charge in [-0.2, -0.15) is 0 Å². The van der Waals surface area contributed by atoms with Crippen molar-refractivity contribution in [1.82, 2.24) is 4.90 Å². The van der Waals surface area contributed by atoms with E-state index in [1.807, 2.05) is 6.92 Å². The van der Waals surface area contributed by atoms with Crippen LogP contribution >= 0.6 is 0 Å². The zero-order chi connectivity index (χ0) is 15.8. The first-order valence-electron chi connectivity index (χ1n) is 6.52. The Morgan fingerprint density at radius 1 is 1.38 bits per heavy atom. The fourth-order valence-corrected chi connectivity index (χ4v) is 1.75. The molecule has 1 amide bonds. The molecule has 0 fully saturated rings. The summed E-state index contributed by atoms with van der Waals surface area (Å²) in [5.74, 6) is 4.88. The quantitative estimate of drug-likeness (QED) is 0.662. The van der Waals surface area contributed by atoms with Crippen LogP contribution in [0.3, 0.4) is 0 Å². The Morgan fingerprint density at radius 2 is 2.10 bits per heavy atom. The molecule has 0 bridgehead atoms. The number of amides is 1. The van der Waals surface area contributed by atoms with Gasteiger partial charge >= 0.3 is 5.97 Å². The molecule has 0 saturated carbocycles. The van der Waals surface area contributed by atoms with E-state index in [1.165, 1.54) is 12.0 Å². The van der Waals surface area contributed by atoms with Crippen LogP contribution in [-0.4, -0.2) is 49.2 Å². The minimum Gasteiger partial charge on any atom is -0.469 e. The first-order valence-corrected chi connectivity index (χ1v) is 6.52. The highest BCUT2D eigenvalue weighted by Gasteiger charge is 2.13. The molecule has 1 aromatic carbocycles. The Kier molecular flexibility index (Phi) is 6.44. The highest BCUT2D eigenvalue weighted by molar-refractivity contribution is 5.94. The van der Waals surface area contributed by atoms with Gasteiger partial charge in [-0.05, 0) is 30.7 Å². The normalized spacial score (nSPS) is 9.52. The summed E-state index contributed by atoms with van der Waals surface area (Å²) in [5.41, 5.74) is 2.18. The molecular formula is C16H19NO4. The number of benzene rings is 1. The number of methoxy groups -OCH3 is 1. The topological polar surface area (TPSA) is 66.8 Å². The van der Waals surface area contributed by atoms with E-state index in [2.05, 4.69) is 16.6 Å². The molecule has 1 aromatic rings. The average Bonchev–Trinajstić information content (AvgIpc) is 2.50. The van der Waals surface area contributed by atoms with Gasteiger partial charge in [0.05, 0.1) is 13.5 Å². The molecule has 21 heavy (non-hydrogen) atoms. The van der Waals surface area contributed by atoms with E-state index >= 15 is 0 Å². The van der Waals surface area contributed by atoms with Crippen molar-refractivity contribution in [2.75, 3.05) is 27.3 Å². The van der Waals surface area contributed by atoms with Crippen molar-refractivity contribution in [2.45, 2.75) is 13.3 Å². The van der Waals surface area contributed by atoms with E-state index in [1.54, 1.807) is 25.2 Å². The zero-order valence-electron chi connectivity index (χ0n) is 12.5. The molecule has 0 spiro atoms. The van der Waals surface area contributed by atoms with E-state index in [4.69, 9.17) is 5.11 Å². The van der Waals surface area contributed by atoms with E-state index in [0.29, 0.717) is 12.1 Å². The molecule has 0 aliphatic heterocycles. The Labute approximate surface area is 124 Å². The second kappa shape index (κ2) is 8.08. The van der Waals surface area contributed by atoms with E-state index in [9.17, 15) is 9.59 Å². The van der Waals surface area contributed by atoms with Crippen LogP contribution in [0.5, 0.6) is 0 Å². The van der Waals surface area contributed by atoms with Gasteiger partial charge in [0.2, 0.25) is 0 Å². The van der Waals surface area contributed by atoms with Gasteiger partial charge in [-0.1, -0.05) is 11.8 Å². The van der Waals surface area contributed by atoms with Gasteiger partial charge in [-0.15, -0.1) is 0 Å². The number of carbonyl (C=O) groups excluding carboxylic acids is 2. The van der Waals surface area contributed by atoms with Gasteiger partial charge in [0, 0.05) is 24.7 Å². The molecule has 0 atom stereocenters. The average molecular weight is 289 g/mol. The van der Waals surface area contributed by atoms with Gasteiger partial charge in [-0.25, -0.2) is 0 Å². The molecule has 0 saturated heterocycles. The van der Waals surface area contributed by atoms with Crippen LogP contribution in [0.2, 0.25) is 0 Å². The number of aliphatic hydroxyl groups excluding tert-OH is 1. The molecule has 0 unspecified atom stereocenters. The van der Waals surface area contributed by atoms with E-state index in [0.717, 1.165) is 11.1 Å². The Bertz CT molecular complexity index is 584. The number of aliphatic hydroxyl groups is 1. The number of nitrogens with zero attached hydrogens (tertiary/aromatic N) is 1. The summed E-state index contributed by atoms with van der Waals surface area (Å²) >= 11 is 0. The van der Waals surface area contributed by atoms with E-state index in [-0.39, 0.29) is 24.9 Å². The predicted octanol–water partition coefficient (Wildman–Crippen LogP) is 0.974. The van der Waals surface area contributed by atoms with Crippen molar-refractivity contribution in [3.8, 4) is 11.8 Å². The Balaban J connectivity index is 2.78. The number of hydrogen-bond acceptors (Lipinski definition) is 4. The fraction of sp³-hybridized carbons (Fsp3) is 0.375. The number of esters is 1. The van der Waals surface area contributed by atoms with Crippen molar-refractivity contribution < 1.29 is 19.4 Å². The highest BCUT2D eigenvalue weighted by atomic mass is 16.5. The van der Waals surface area contributed by atoms with E-state index < -0.39 is 0 Å². The summed E-state index contributed by atoms with van der Waals surface area (Å²) < 4.78 is 4.55. The summed E-state index contributed by atoms with van der Waals surface area (Å²) in [6.45, 7) is 1.96. The summed E-state index contributed by atoms with van der Waals surface area (Å²) in [7, 11) is 2.96. The van der Waals surface area contributed by atoms with Crippen LogP contribution in [0.25, 0.3) is 0 Å². The van der Waals surface area contributed by atoms with Crippen molar-refractivity contribution >= 4 is 11.9 Å². The molecule has 0 aliphatic rings. The first-order chi connectivity index (χ1) is 9.99. The maximum absolute atomic E-state index is 12.2. The number of rotatable bonds is 4. The van der Waals surface area contributed by atoms with Crippen LogP contribution < -0.4 is 0 Å². The molecule has 0 aromatic heterocycles. The third kappa shape index (κ3) is 4.93. The standard InChI is InChI=1S/C16H19NO4/c1-12-11-14(7-6-13(12)5-4-10-18)16(20)17(2)9-8-15(19)21-3/h6-7,11,18H,8-10H2,1-3H3. The Hall–Kier alpha value is -2.32. The van der Waals surface area contributed by atoms with Crippen molar-refractivity contribution in [3.05, 3.63) is 34.9 Å². The van der Waals surface area contributed by atoms with Gasteiger partial charge in [0.25, 0.3) is 5.91 Å². The smallest absolute Gasteiger partial charge is 0.307 e. The second-order valence-corrected chi connectivity index (χ2v) is 4.54. The van der Waals surface area contributed by atoms with Crippen LogP contribution in [0.1, 0.15) is 27.9 Å². The van der Waals surface area contributed by atoms with Gasteiger partial charge in [0.15, 0.2) is 0 Å². The zero-order valence-corrected chi connectivity index (χ0v) is 12.5. The van der Waals surface area contributed by atoms with Crippen molar-refractivity contribution in [3.63, 3.8) is 0 Å². The lowest BCUT2D eigenvalue weighted by Gasteiger charge is -2.17. The summed E-state index contributed by atoms with van der Waals surface area (Å²) in [6.07, 6.45) is 0.164. The second-order valence-electron chi connectivity index (χ2n) is 4.54. The maximum Gasteiger partial charge on any atom is 0.307 e.